The number of benzene rings is 1. The van der Waals surface area contributed by atoms with Crippen molar-refractivity contribution in [2.75, 3.05) is 5.32 Å². The highest BCUT2D eigenvalue weighted by Crippen LogP contribution is 2.20. The van der Waals surface area contributed by atoms with Crippen LogP contribution >= 0.6 is 0 Å². The molecule has 0 bridgehead atoms. The molecule has 1 aromatic carbocycles. The molecule has 3 aromatic rings. The van der Waals surface area contributed by atoms with Gasteiger partial charge in [0.2, 0.25) is 5.95 Å². The number of hydrogen-bond acceptors (Lipinski definition) is 3. The monoisotopic (exact) mass is 297 g/mol. The summed E-state index contributed by atoms with van der Waals surface area (Å²) in [4.78, 5) is 17.0. The maximum atomic E-state index is 12.5. The van der Waals surface area contributed by atoms with Crippen molar-refractivity contribution in [3.63, 3.8) is 0 Å². The van der Waals surface area contributed by atoms with Crippen LogP contribution in [0, 0.1) is 0 Å². The first-order chi connectivity index (χ1) is 10.7. The fourth-order valence-electron chi connectivity index (χ4n) is 2.56. The van der Waals surface area contributed by atoms with Gasteiger partial charge in [-0.3, -0.25) is 14.8 Å². The van der Waals surface area contributed by atoms with Crippen molar-refractivity contribution in [1.29, 1.82) is 0 Å². The van der Waals surface area contributed by atoms with Crippen molar-refractivity contribution in [3.05, 3.63) is 42.2 Å². The molecule has 0 unspecified atom stereocenters. The number of carbonyl (C=O) groups is 1. The van der Waals surface area contributed by atoms with Crippen LogP contribution in [0.1, 0.15) is 30.8 Å². The zero-order chi connectivity index (χ0) is 15.5. The van der Waals surface area contributed by atoms with Crippen LogP contribution in [0.3, 0.4) is 0 Å². The minimum Gasteiger partial charge on any atom is -0.310 e. The van der Waals surface area contributed by atoms with E-state index < -0.39 is 0 Å². The molecule has 3 rings (SSSR count). The lowest BCUT2D eigenvalue weighted by molar-refractivity contribution is 0.101. The van der Waals surface area contributed by atoms with E-state index >= 15 is 0 Å². The van der Waals surface area contributed by atoms with Gasteiger partial charge in [0.25, 0.3) is 5.91 Å². The van der Waals surface area contributed by atoms with Gasteiger partial charge in [-0.05, 0) is 31.5 Å². The first kappa shape index (κ1) is 14.3. The Morgan fingerprint density at radius 1 is 1.23 bits per heavy atom. The fourth-order valence-corrected chi connectivity index (χ4v) is 2.56. The number of para-hydroxylation sites is 2. The zero-order valence-electron chi connectivity index (χ0n) is 12.8. The number of anilines is 1. The lowest BCUT2D eigenvalue weighted by Crippen LogP contribution is -2.20. The number of hydrogen-bond donors (Lipinski definition) is 1. The summed E-state index contributed by atoms with van der Waals surface area (Å²) in [7, 11) is 0. The van der Waals surface area contributed by atoms with Crippen LogP contribution in [0.15, 0.2) is 36.5 Å². The summed E-state index contributed by atoms with van der Waals surface area (Å²) in [5, 5.41) is 7.04. The fraction of sp³-hybridized carbons (Fsp3) is 0.312. The Hall–Kier alpha value is -2.63. The summed E-state index contributed by atoms with van der Waals surface area (Å²) >= 11 is 0. The number of amides is 1. The molecule has 22 heavy (non-hydrogen) atoms. The predicted octanol–water partition coefficient (Wildman–Crippen LogP) is 2.92. The molecule has 0 atom stereocenters. The number of fused-ring (bicyclic) bond motifs is 1. The van der Waals surface area contributed by atoms with Gasteiger partial charge in [-0.1, -0.05) is 19.1 Å². The van der Waals surface area contributed by atoms with E-state index in [4.69, 9.17) is 0 Å². The van der Waals surface area contributed by atoms with E-state index in [2.05, 4.69) is 22.3 Å². The molecule has 0 radical (unpaired) electrons. The molecule has 1 amide bonds. The third-order valence-electron chi connectivity index (χ3n) is 3.58. The molecular formula is C16H19N5O. The lowest BCUT2D eigenvalue weighted by atomic mass is 10.3. The van der Waals surface area contributed by atoms with Gasteiger partial charge in [0, 0.05) is 19.3 Å². The molecule has 0 saturated heterocycles. The summed E-state index contributed by atoms with van der Waals surface area (Å²) in [6.45, 7) is 5.52. The summed E-state index contributed by atoms with van der Waals surface area (Å²) in [6, 6.07) is 9.61. The van der Waals surface area contributed by atoms with E-state index in [0.29, 0.717) is 18.2 Å². The Kier molecular flexibility index (Phi) is 3.91. The molecule has 0 fully saturated rings. The maximum absolute atomic E-state index is 12.5. The van der Waals surface area contributed by atoms with E-state index in [1.165, 1.54) is 0 Å². The molecule has 2 heterocycles. The first-order valence-electron chi connectivity index (χ1n) is 7.53. The van der Waals surface area contributed by atoms with Gasteiger partial charge in [0.1, 0.15) is 5.69 Å². The second kappa shape index (κ2) is 6.01. The lowest BCUT2D eigenvalue weighted by Gasteiger charge is -2.09. The van der Waals surface area contributed by atoms with Crippen molar-refractivity contribution >= 4 is 22.9 Å². The van der Waals surface area contributed by atoms with Crippen LogP contribution in [0.4, 0.5) is 5.95 Å². The molecular weight excluding hydrogens is 278 g/mol. The Morgan fingerprint density at radius 2 is 2.05 bits per heavy atom. The van der Waals surface area contributed by atoms with Crippen LogP contribution in [0.5, 0.6) is 0 Å². The van der Waals surface area contributed by atoms with Gasteiger partial charge >= 0.3 is 0 Å². The van der Waals surface area contributed by atoms with E-state index in [1.807, 2.05) is 35.8 Å². The molecule has 6 heteroatoms. The molecule has 0 saturated carbocycles. The van der Waals surface area contributed by atoms with Gasteiger partial charge in [-0.2, -0.15) is 5.10 Å². The Bertz CT molecular complexity index is 802. The van der Waals surface area contributed by atoms with E-state index in [0.717, 1.165) is 24.0 Å². The highest BCUT2D eigenvalue weighted by atomic mass is 16.2. The molecule has 0 aliphatic rings. The van der Waals surface area contributed by atoms with Crippen molar-refractivity contribution in [1.82, 2.24) is 19.3 Å². The number of imidazole rings is 1. The predicted molar refractivity (Wildman–Crippen MR) is 85.9 cm³/mol. The third-order valence-corrected chi connectivity index (χ3v) is 3.58. The van der Waals surface area contributed by atoms with Gasteiger partial charge < -0.3 is 4.57 Å². The Balaban J connectivity index is 1.96. The van der Waals surface area contributed by atoms with Crippen molar-refractivity contribution in [2.24, 2.45) is 0 Å². The molecule has 1 N–H and O–H groups in total. The molecule has 6 nitrogen and oxygen atoms in total. The van der Waals surface area contributed by atoms with Crippen molar-refractivity contribution in [2.45, 2.75) is 33.4 Å². The van der Waals surface area contributed by atoms with Crippen LogP contribution in [-0.2, 0) is 13.1 Å². The Morgan fingerprint density at radius 3 is 2.82 bits per heavy atom. The average molecular weight is 297 g/mol. The van der Waals surface area contributed by atoms with Gasteiger partial charge in [-0.25, -0.2) is 4.98 Å². The molecule has 2 aromatic heterocycles. The minimum absolute atomic E-state index is 0.188. The van der Waals surface area contributed by atoms with Gasteiger partial charge in [0.05, 0.1) is 11.0 Å². The number of rotatable bonds is 5. The summed E-state index contributed by atoms with van der Waals surface area (Å²) in [5.41, 5.74) is 2.46. The standard InChI is InChI=1S/C16H19N5O/c1-3-11-20-13-8-6-5-7-12(13)18-16(20)19-15(22)14-9-10-17-21(14)4-2/h5-10H,3-4,11H2,1-2H3,(H,18,19,22). The minimum atomic E-state index is -0.188. The van der Waals surface area contributed by atoms with Crippen LogP contribution in [0.25, 0.3) is 11.0 Å². The molecule has 0 spiro atoms. The van der Waals surface area contributed by atoms with Crippen LogP contribution in [-0.4, -0.2) is 25.2 Å². The maximum Gasteiger partial charge on any atom is 0.276 e. The number of carbonyl (C=O) groups excluding carboxylic acids is 1. The number of aromatic nitrogens is 4. The van der Waals surface area contributed by atoms with Crippen molar-refractivity contribution in [3.8, 4) is 0 Å². The second-order valence-electron chi connectivity index (χ2n) is 5.06. The van der Waals surface area contributed by atoms with Crippen LogP contribution < -0.4 is 5.32 Å². The SMILES string of the molecule is CCCn1c(NC(=O)c2ccnn2CC)nc2ccccc21. The van der Waals surface area contributed by atoms with E-state index in [1.54, 1.807) is 16.9 Å². The first-order valence-corrected chi connectivity index (χ1v) is 7.53. The van der Waals surface area contributed by atoms with Gasteiger partial charge in [-0.15, -0.1) is 0 Å². The zero-order valence-corrected chi connectivity index (χ0v) is 12.8. The highest BCUT2D eigenvalue weighted by Gasteiger charge is 2.16. The highest BCUT2D eigenvalue weighted by molar-refractivity contribution is 6.02. The normalized spacial score (nSPS) is 11.0. The molecule has 114 valence electrons. The van der Waals surface area contributed by atoms with Gasteiger partial charge in [0.15, 0.2) is 0 Å². The van der Waals surface area contributed by atoms with Crippen molar-refractivity contribution < 1.29 is 4.79 Å². The second-order valence-corrected chi connectivity index (χ2v) is 5.06. The molecule has 0 aliphatic carbocycles. The quantitative estimate of drug-likeness (QED) is 0.787. The summed E-state index contributed by atoms with van der Waals surface area (Å²) in [6.07, 6.45) is 2.60. The summed E-state index contributed by atoms with van der Waals surface area (Å²) in [5.74, 6) is 0.393. The number of nitrogens with zero attached hydrogens (tertiary/aromatic N) is 4. The topological polar surface area (TPSA) is 64.7 Å². The average Bonchev–Trinajstić information content (AvgIpc) is 3.13. The third kappa shape index (κ3) is 2.47. The smallest absolute Gasteiger partial charge is 0.276 e. The number of nitrogens with one attached hydrogen (secondary N) is 1. The summed E-state index contributed by atoms with van der Waals surface area (Å²) < 4.78 is 3.71. The van der Waals surface area contributed by atoms with Crippen LogP contribution in [0.2, 0.25) is 0 Å². The van der Waals surface area contributed by atoms with E-state index in [-0.39, 0.29) is 5.91 Å². The van der Waals surface area contributed by atoms with E-state index in [9.17, 15) is 4.79 Å². The Labute approximate surface area is 128 Å². The number of aryl methyl sites for hydroxylation is 2. The largest absolute Gasteiger partial charge is 0.310 e. The molecule has 0 aliphatic heterocycles.